The third-order valence-electron chi connectivity index (χ3n) is 5.86. The number of amides is 3. The fourth-order valence-corrected chi connectivity index (χ4v) is 4.04. The summed E-state index contributed by atoms with van der Waals surface area (Å²) in [6.07, 6.45) is 4.82. The summed E-state index contributed by atoms with van der Waals surface area (Å²) >= 11 is 0. The van der Waals surface area contributed by atoms with E-state index in [1.807, 2.05) is 18.2 Å². The lowest BCUT2D eigenvalue weighted by atomic mass is 9.93. The van der Waals surface area contributed by atoms with E-state index >= 15 is 0 Å². The first-order valence-electron chi connectivity index (χ1n) is 10.2. The van der Waals surface area contributed by atoms with E-state index in [2.05, 4.69) is 10.4 Å². The Labute approximate surface area is 173 Å². The summed E-state index contributed by atoms with van der Waals surface area (Å²) in [6.45, 7) is 1.03. The van der Waals surface area contributed by atoms with E-state index in [-0.39, 0.29) is 30.3 Å². The van der Waals surface area contributed by atoms with Crippen LogP contribution in [-0.2, 0) is 4.79 Å². The van der Waals surface area contributed by atoms with Crippen LogP contribution in [0.1, 0.15) is 19.3 Å². The fourth-order valence-electron chi connectivity index (χ4n) is 4.04. The van der Waals surface area contributed by atoms with Gasteiger partial charge in [0.15, 0.2) is 0 Å². The van der Waals surface area contributed by atoms with Crippen LogP contribution in [0.15, 0.2) is 48.7 Å². The van der Waals surface area contributed by atoms with Crippen molar-refractivity contribution in [1.82, 2.24) is 20.0 Å². The Kier molecular flexibility index (Phi) is 4.61. The van der Waals surface area contributed by atoms with Crippen LogP contribution in [-0.4, -0.2) is 52.3 Å². The van der Waals surface area contributed by atoms with Gasteiger partial charge in [-0.15, -0.1) is 0 Å². The Morgan fingerprint density at radius 2 is 1.90 bits per heavy atom. The summed E-state index contributed by atoms with van der Waals surface area (Å²) in [5, 5.41) is 8.09. The van der Waals surface area contributed by atoms with Crippen molar-refractivity contribution in [3.8, 4) is 5.69 Å². The minimum Gasteiger partial charge on any atom is -0.352 e. The van der Waals surface area contributed by atoms with Gasteiger partial charge in [-0.2, -0.15) is 5.10 Å². The number of carbonyl (C=O) groups excluding carboxylic acids is 2. The lowest BCUT2D eigenvalue weighted by Gasteiger charge is -2.27. The molecule has 2 aliphatic rings. The number of nitrogens with one attached hydrogen (secondary N) is 1. The molecule has 0 spiro atoms. The van der Waals surface area contributed by atoms with E-state index in [1.54, 1.807) is 38.9 Å². The maximum atomic E-state index is 14.3. The number of rotatable bonds is 5. The molecule has 0 radical (unpaired) electrons. The van der Waals surface area contributed by atoms with Gasteiger partial charge in [0.05, 0.1) is 17.4 Å². The van der Waals surface area contributed by atoms with Gasteiger partial charge < -0.3 is 10.2 Å². The number of anilines is 1. The predicted molar refractivity (Wildman–Crippen MR) is 111 cm³/mol. The van der Waals surface area contributed by atoms with Crippen LogP contribution in [0.5, 0.6) is 0 Å². The molecule has 8 heteroatoms. The fraction of sp³-hybridized carbons (Fsp3) is 0.318. The van der Waals surface area contributed by atoms with E-state index < -0.39 is 0 Å². The Morgan fingerprint density at radius 3 is 2.67 bits per heavy atom. The van der Waals surface area contributed by atoms with Crippen LogP contribution < -0.4 is 10.2 Å². The van der Waals surface area contributed by atoms with Gasteiger partial charge in [0.2, 0.25) is 5.91 Å². The van der Waals surface area contributed by atoms with Crippen molar-refractivity contribution in [2.24, 2.45) is 0 Å². The molecule has 1 aromatic heterocycles. The average Bonchev–Trinajstić information content (AvgIpc) is 3.29. The Morgan fingerprint density at radius 1 is 1.10 bits per heavy atom. The van der Waals surface area contributed by atoms with E-state index in [9.17, 15) is 14.0 Å². The van der Waals surface area contributed by atoms with E-state index in [1.165, 1.54) is 6.07 Å². The summed E-state index contributed by atoms with van der Waals surface area (Å²) in [6, 6.07) is 12.0. The number of urea groups is 1. The summed E-state index contributed by atoms with van der Waals surface area (Å²) in [7, 11) is 0. The lowest BCUT2D eigenvalue weighted by molar-refractivity contribution is -0.122. The summed E-state index contributed by atoms with van der Waals surface area (Å²) in [5.41, 5.74) is 1.78. The number of hydrogen-bond acceptors (Lipinski definition) is 3. The normalized spacial score (nSPS) is 16.9. The van der Waals surface area contributed by atoms with Crippen molar-refractivity contribution in [1.29, 1.82) is 0 Å². The molecule has 1 aliphatic heterocycles. The Bertz CT molecular complexity index is 1120. The second-order valence-corrected chi connectivity index (χ2v) is 7.77. The minimum absolute atomic E-state index is 0.0658. The first-order valence-corrected chi connectivity index (χ1v) is 10.2. The van der Waals surface area contributed by atoms with Gasteiger partial charge in [-0.1, -0.05) is 18.2 Å². The van der Waals surface area contributed by atoms with Crippen molar-refractivity contribution in [2.75, 3.05) is 24.5 Å². The van der Waals surface area contributed by atoms with E-state index in [0.717, 1.165) is 24.6 Å². The number of para-hydroxylation sites is 1. The molecule has 154 valence electrons. The first kappa shape index (κ1) is 18.6. The van der Waals surface area contributed by atoms with Gasteiger partial charge in [0, 0.05) is 24.5 Å². The minimum atomic E-state index is -0.367. The average molecular weight is 407 g/mol. The van der Waals surface area contributed by atoms with Crippen LogP contribution in [0.3, 0.4) is 0 Å². The molecule has 7 nitrogen and oxygen atoms in total. The number of hydrogen-bond donors (Lipinski definition) is 1. The number of benzene rings is 2. The molecular formula is C22H22FN5O2. The van der Waals surface area contributed by atoms with Gasteiger partial charge in [0.1, 0.15) is 18.0 Å². The third kappa shape index (κ3) is 3.18. The molecule has 0 atom stereocenters. The molecule has 30 heavy (non-hydrogen) atoms. The maximum absolute atomic E-state index is 14.3. The second-order valence-electron chi connectivity index (χ2n) is 7.77. The SMILES string of the molecule is O=C(CN1CCN(c2cccc3c2cnn3-c2ccccc2F)C1=O)NC1CCC1. The van der Waals surface area contributed by atoms with E-state index in [4.69, 9.17) is 0 Å². The van der Waals surface area contributed by atoms with Crippen LogP contribution >= 0.6 is 0 Å². The molecule has 1 N–H and O–H groups in total. The maximum Gasteiger partial charge on any atom is 0.325 e. The molecule has 1 saturated heterocycles. The summed E-state index contributed by atoms with van der Waals surface area (Å²) < 4.78 is 15.8. The second kappa shape index (κ2) is 7.44. The van der Waals surface area contributed by atoms with Crippen LogP contribution in [0.2, 0.25) is 0 Å². The third-order valence-corrected chi connectivity index (χ3v) is 5.86. The van der Waals surface area contributed by atoms with Crippen molar-refractivity contribution >= 4 is 28.5 Å². The lowest BCUT2D eigenvalue weighted by Crippen LogP contribution is -2.45. The van der Waals surface area contributed by atoms with Crippen molar-refractivity contribution in [3.05, 3.63) is 54.5 Å². The van der Waals surface area contributed by atoms with Crippen molar-refractivity contribution < 1.29 is 14.0 Å². The van der Waals surface area contributed by atoms with Gasteiger partial charge in [-0.25, -0.2) is 13.9 Å². The molecule has 1 saturated carbocycles. The van der Waals surface area contributed by atoms with Crippen LogP contribution in [0.4, 0.5) is 14.9 Å². The topological polar surface area (TPSA) is 70.5 Å². The monoisotopic (exact) mass is 407 g/mol. The Hall–Kier alpha value is -3.42. The highest BCUT2D eigenvalue weighted by molar-refractivity contribution is 6.04. The zero-order valence-electron chi connectivity index (χ0n) is 16.4. The number of halogens is 1. The molecular weight excluding hydrogens is 385 g/mol. The first-order chi connectivity index (χ1) is 14.6. The number of aromatic nitrogens is 2. The highest BCUT2D eigenvalue weighted by Gasteiger charge is 2.32. The number of fused-ring (bicyclic) bond motifs is 1. The largest absolute Gasteiger partial charge is 0.352 e. The highest BCUT2D eigenvalue weighted by atomic mass is 19.1. The van der Waals surface area contributed by atoms with Gasteiger partial charge >= 0.3 is 6.03 Å². The molecule has 3 amide bonds. The molecule has 2 aromatic carbocycles. The quantitative estimate of drug-likeness (QED) is 0.707. The number of carbonyl (C=O) groups is 2. The molecule has 0 unspecified atom stereocenters. The molecule has 0 bridgehead atoms. The van der Waals surface area contributed by atoms with E-state index in [0.29, 0.717) is 30.0 Å². The highest BCUT2D eigenvalue weighted by Crippen LogP contribution is 2.31. The smallest absolute Gasteiger partial charge is 0.325 e. The van der Waals surface area contributed by atoms with Gasteiger partial charge in [-0.3, -0.25) is 9.69 Å². The van der Waals surface area contributed by atoms with Crippen molar-refractivity contribution in [2.45, 2.75) is 25.3 Å². The van der Waals surface area contributed by atoms with Crippen molar-refractivity contribution in [3.63, 3.8) is 0 Å². The predicted octanol–water partition coefficient (Wildman–Crippen LogP) is 3.08. The molecule has 3 aromatic rings. The summed E-state index contributed by atoms with van der Waals surface area (Å²) in [5.74, 6) is -0.478. The molecule has 2 heterocycles. The molecule has 1 aliphatic carbocycles. The molecule has 2 fully saturated rings. The zero-order chi connectivity index (χ0) is 20.7. The van der Waals surface area contributed by atoms with Gasteiger partial charge in [0.25, 0.3) is 0 Å². The Balaban J connectivity index is 1.39. The van der Waals surface area contributed by atoms with Gasteiger partial charge in [-0.05, 0) is 43.5 Å². The standard InChI is InChI=1S/C22H22FN5O2/c23-17-7-1-2-8-20(17)28-19-10-4-9-18(16(19)13-24-28)27-12-11-26(22(27)30)14-21(29)25-15-5-3-6-15/h1-2,4,7-10,13,15H,3,5-6,11-12,14H2,(H,25,29). The van der Waals surface area contributed by atoms with Crippen LogP contribution in [0, 0.1) is 5.82 Å². The zero-order valence-corrected chi connectivity index (χ0v) is 16.4. The number of nitrogens with zero attached hydrogens (tertiary/aromatic N) is 4. The summed E-state index contributed by atoms with van der Waals surface area (Å²) in [4.78, 5) is 28.4. The molecule has 5 rings (SSSR count). The van der Waals surface area contributed by atoms with Crippen LogP contribution in [0.25, 0.3) is 16.6 Å².